The first kappa shape index (κ1) is 13.9. The molecule has 0 fully saturated rings. The average Bonchev–Trinajstić information content (AvgIpc) is 3.04. The summed E-state index contributed by atoms with van der Waals surface area (Å²) in [4.78, 5) is 1.20. The summed E-state index contributed by atoms with van der Waals surface area (Å²) in [6.45, 7) is 1.12. The number of sulfonamides is 1. The molecule has 2 N–H and O–H groups in total. The van der Waals surface area contributed by atoms with Crippen molar-refractivity contribution in [3.63, 3.8) is 0 Å². The van der Waals surface area contributed by atoms with Crippen molar-refractivity contribution in [1.29, 1.82) is 0 Å². The van der Waals surface area contributed by atoms with Crippen LogP contribution in [-0.2, 0) is 23.0 Å². The van der Waals surface area contributed by atoms with Gasteiger partial charge in [-0.25, -0.2) is 13.1 Å². The molecule has 1 aliphatic heterocycles. The summed E-state index contributed by atoms with van der Waals surface area (Å²) in [6, 6.07) is 8.76. The lowest BCUT2D eigenvalue weighted by atomic mass is 10.2. The summed E-state index contributed by atoms with van der Waals surface area (Å²) in [5.41, 5.74) is 2.07. The van der Waals surface area contributed by atoms with Crippen molar-refractivity contribution in [2.45, 2.75) is 17.9 Å². The number of rotatable bonds is 4. The molecule has 0 saturated heterocycles. The Hall–Kier alpha value is -1.08. The van der Waals surface area contributed by atoms with Crippen molar-refractivity contribution in [3.05, 3.63) is 45.1 Å². The first-order valence-electron chi connectivity index (χ1n) is 6.15. The van der Waals surface area contributed by atoms with E-state index >= 15 is 0 Å². The number of hydrogen-bond acceptors (Lipinski definition) is 4. The van der Waals surface area contributed by atoms with Gasteiger partial charge in [-0.1, -0.05) is 11.6 Å². The van der Waals surface area contributed by atoms with Crippen LogP contribution in [0.1, 0.15) is 10.4 Å². The lowest BCUT2D eigenvalue weighted by Gasteiger charge is -2.07. The predicted molar refractivity (Wildman–Crippen MR) is 82.0 cm³/mol. The van der Waals surface area contributed by atoms with E-state index in [2.05, 4.69) is 10.0 Å². The van der Waals surface area contributed by atoms with E-state index < -0.39 is 10.0 Å². The highest BCUT2D eigenvalue weighted by Gasteiger charge is 2.18. The number of nitrogens with one attached hydrogen (secondary N) is 2. The van der Waals surface area contributed by atoms with Crippen LogP contribution < -0.4 is 10.0 Å². The zero-order valence-electron chi connectivity index (χ0n) is 10.5. The Morgan fingerprint density at radius 3 is 2.90 bits per heavy atom. The van der Waals surface area contributed by atoms with E-state index in [-0.39, 0.29) is 6.54 Å². The van der Waals surface area contributed by atoms with Crippen LogP contribution in [0.15, 0.2) is 35.2 Å². The standard InChI is InChI=1S/C13H13ClN2O2S2/c14-13-4-1-10(19-13)8-16-20(17,18)11-2-3-12-9(7-11)5-6-15-12/h1-4,7,15-16H,5-6,8H2. The smallest absolute Gasteiger partial charge is 0.240 e. The molecular formula is C13H13ClN2O2S2. The zero-order chi connectivity index (χ0) is 14.2. The molecule has 1 aromatic carbocycles. The molecule has 1 aliphatic rings. The molecule has 1 aromatic heterocycles. The average molecular weight is 329 g/mol. The SMILES string of the molecule is O=S(=O)(NCc1ccc(Cl)s1)c1ccc2c(c1)CCN2. The highest BCUT2D eigenvalue weighted by molar-refractivity contribution is 7.89. The Morgan fingerprint density at radius 1 is 1.30 bits per heavy atom. The molecule has 106 valence electrons. The molecule has 2 heterocycles. The second-order valence-electron chi connectivity index (χ2n) is 4.53. The van der Waals surface area contributed by atoms with E-state index in [0.29, 0.717) is 9.23 Å². The molecule has 0 radical (unpaired) electrons. The van der Waals surface area contributed by atoms with Gasteiger partial charge < -0.3 is 5.32 Å². The summed E-state index contributed by atoms with van der Waals surface area (Å²) >= 11 is 7.20. The molecule has 0 spiro atoms. The Bertz CT molecular complexity index is 741. The van der Waals surface area contributed by atoms with Crippen LogP contribution >= 0.6 is 22.9 Å². The first-order chi connectivity index (χ1) is 9.54. The molecule has 0 saturated carbocycles. The second-order valence-corrected chi connectivity index (χ2v) is 8.09. The van der Waals surface area contributed by atoms with Crippen LogP contribution in [-0.4, -0.2) is 15.0 Å². The number of thiophene rings is 1. The minimum Gasteiger partial charge on any atom is -0.384 e. The summed E-state index contributed by atoms with van der Waals surface area (Å²) in [6.07, 6.45) is 0.860. The van der Waals surface area contributed by atoms with Gasteiger partial charge in [-0.2, -0.15) is 0 Å². The highest BCUT2D eigenvalue weighted by atomic mass is 35.5. The van der Waals surface area contributed by atoms with Crippen LogP contribution in [0.3, 0.4) is 0 Å². The number of benzene rings is 1. The summed E-state index contributed by atoms with van der Waals surface area (Å²) < 4.78 is 27.8. The van der Waals surface area contributed by atoms with Gasteiger partial charge in [0.05, 0.1) is 9.23 Å². The lowest BCUT2D eigenvalue weighted by Crippen LogP contribution is -2.22. The molecule has 7 heteroatoms. The lowest BCUT2D eigenvalue weighted by molar-refractivity contribution is 0.581. The van der Waals surface area contributed by atoms with E-state index in [1.54, 1.807) is 18.2 Å². The highest BCUT2D eigenvalue weighted by Crippen LogP contribution is 2.25. The van der Waals surface area contributed by atoms with E-state index in [9.17, 15) is 8.42 Å². The molecule has 0 amide bonds. The molecule has 0 aliphatic carbocycles. The van der Waals surface area contributed by atoms with Crippen LogP contribution in [0.5, 0.6) is 0 Å². The Morgan fingerprint density at radius 2 is 2.15 bits per heavy atom. The number of hydrogen-bond donors (Lipinski definition) is 2. The van der Waals surface area contributed by atoms with Gasteiger partial charge in [0.2, 0.25) is 10.0 Å². The maximum Gasteiger partial charge on any atom is 0.240 e. The minimum atomic E-state index is -3.48. The van der Waals surface area contributed by atoms with E-state index in [1.165, 1.54) is 11.3 Å². The predicted octanol–water partition coefficient (Wildman–Crippen LogP) is 2.85. The third-order valence-corrected chi connectivity index (χ3v) is 5.79. The molecule has 20 heavy (non-hydrogen) atoms. The van der Waals surface area contributed by atoms with Crippen molar-refractivity contribution in [2.24, 2.45) is 0 Å². The van der Waals surface area contributed by atoms with Crippen molar-refractivity contribution >= 4 is 38.6 Å². The topological polar surface area (TPSA) is 58.2 Å². The van der Waals surface area contributed by atoms with Gasteiger partial charge in [-0.05, 0) is 42.3 Å². The Balaban J connectivity index is 1.78. The van der Waals surface area contributed by atoms with E-state index in [4.69, 9.17) is 11.6 Å². The van der Waals surface area contributed by atoms with Crippen LogP contribution in [0.4, 0.5) is 5.69 Å². The third kappa shape index (κ3) is 2.83. The van der Waals surface area contributed by atoms with Crippen LogP contribution in [0.2, 0.25) is 4.34 Å². The fourth-order valence-corrected chi connectivity index (χ4v) is 4.32. The number of anilines is 1. The van der Waals surface area contributed by atoms with E-state index in [1.807, 2.05) is 12.1 Å². The van der Waals surface area contributed by atoms with Gasteiger partial charge in [0.25, 0.3) is 0 Å². The third-order valence-electron chi connectivity index (χ3n) is 3.16. The van der Waals surface area contributed by atoms with Gasteiger partial charge in [0.1, 0.15) is 0 Å². The molecule has 0 atom stereocenters. The molecule has 4 nitrogen and oxygen atoms in total. The maximum atomic E-state index is 12.3. The monoisotopic (exact) mass is 328 g/mol. The summed E-state index contributed by atoms with van der Waals surface area (Å²) in [7, 11) is -3.48. The first-order valence-corrected chi connectivity index (χ1v) is 8.83. The number of halogens is 1. The fraction of sp³-hybridized carbons (Fsp3) is 0.231. The largest absolute Gasteiger partial charge is 0.384 e. The Kier molecular flexibility index (Phi) is 3.72. The van der Waals surface area contributed by atoms with Crippen molar-refractivity contribution in [2.75, 3.05) is 11.9 Å². The van der Waals surface area contributed by atoms with Gasteiger partial charge in [-0.15, -0.1) is 11.3 Å². The Labute approximate surface area is 126 Å². The van der Waals surface area contributed by atoms with Gasteiger partial charge in [-0.3, -0.25) is 0 Å². The molecule has 3 rings (SSSR count). The van der Waals surface area contributed by atoms with Gasteiger partial charge in [0, 0.05) is 23.7 Å². The van der Waals surface area contributed by atoms with E-state index in [0.717, 1.165) is 29.1 Å². The van der Waals surface area contributed by atoms with Gasteiger partial charge >= 0.3 is 0 Å². The molecular weight excluding hydrogens is 316 g/mol. The zero-order valence-corrected chi connectivity index (χ0v) is 12.9. The van der Waals surface area contributed by atoms with Crippen molar-refractivity contribution < 1.29 is 8.42 Å². The fourth-order valence-electron chi connectivity index (χ4n) is 2.14. The van der Waals surface area contributed by atoms with Gasteiger partial charge in [0.15, 0.2) is 0 Å². The van der Waals surface area contributed by atoms with Crippen molar-refractivity contribution in [1.82, 2.24) is 4.72 Å². The van der Waals surface area contributed by atoms with Crippen LogP contribution in [0, 0.1) is 0 Å². The summed E-state index contributed by atoms with van der Waals surface area (Å²) in [5.74, 6) is 0. The normalized spacial score (nSPS) is 14.1. The van der Waals surface area contributed by atoms with Crippen molar-refractivity contribution in [3.8, 4) is 0 Å². The molecule has 0 bridgehead atoms. The quantitative estimate of drug-likeness (QED) is 0.907. The molecule has 0 unspecified atom stereocenters. The number of fused-ring (bicyclic) bond motifs is 1. The summed E-state index contributed by atoms with van der Waals surface area (Å²) in [5, 5.41) is 3.21. The second kappa shape index (κ2) is 5.37. The van der Waals surface area contributed by atoms with Crippen LogP contribution in [0.25, 0.3) is 0 Å². The molecule has 2 aromatic rings. The minimum absolute atomic E-state index is 0.259. The maximum absolute atomic E-state index is 12.3.